The third-order valence-corrected chi connectivity index (χ3v) is 14.1. The molecule has 0 heterocycles. The topological polar surface area (TPSA) is 231 Å². The van der Waals surface area contributed by atoms with Crippen LogP contribution in [0.2, 0.25) is 0 Å². The molecule has 0 radical (unpaired) electrons. The van der Waals surface area contributed by atoms with Crippen LogP contribution in [0.25, 0.3) is 0 Å². The summed E-state index contributed by atoms with van der Waals surface area (Å²) in [6.07, 6.45) is 73.3. The van der Waals surface area contributed by atoms with Crippen LogP contribution in [0.1, 0.15) is 201 Å². The zero-order chi connectivity index (χ0) is 63.8. The summed E-state index contributed by atoms with van der Waals surface area (Å²) in [5.41, 5.74) is 0. The van der Waals surface area contributed by atoms with Gasteiger partial charge in [-0.15, -0.1) is 0 Å². The van der Waals surface area contributed by atoms with E-state index in [0.29, 0.717) is 25.7 Å². The zero-order valence-electron chi connectivity index (χ0n) is 52.9. The predicted molar refractivity (Wildman–Crippen MR) is 352 cm³/mol. The molecule has 0 rings (SSSR count). The van der Waals surface area contributed by atoms with Gasteiger partial charge >= 0.3 is 33.6 Å². The van der Waals surface area contributed by atoms with Gasteiger partial charge in [0.15, 0.2) is 6.10 Å². The molecule has 0 aromatic heterocycles. The Bertz CT molecular complexity index is 2220. The number of aliphatic hydroxyl groups is 2. The molecule has 0 amide bonds. The average molecular weight is 1260 g/mol. The lowest BCUT2D eigenvalue weighted by Crippen LogP contribution is -2.30. The van der Waals surface area contributed by atoms with E-state index >= 15 is 0 Å². The van der Waals surface area contributed by atoms with Gasteiger partial charge in [0.2, 0.25) is 0 Å². The number of carbonyl (C=O) groups is 3. The lowest BCUT2D eigenvalue weighted by Gasteiger charge is -2.21. The van der Waals surface area contributed by atoms with E-state index in [1.165, 1.54) is 12.8 Å². The van der Waals surface area contributed by atoms with Crippen LogP contribution in [0, 0.1) is 0 Å². The van der Waals surface area contributed by atoms with Crippen molar-refractivity contribution in [1.82, 2.24) is 0 Å². The standard InChI is InChI=1S/C69H110O16P2/c1-4-7-10-13-16-19-22-24-26-28-30-31-33-35-36-38-41-43-46-49-52-55-67(72)79-58-64(70)59-81-86(75,76)82-60-65(71)61-83-87(77,78)84-63-66(85-69(74)57-54-51-48-45-40-21-18-15-12-9-6-3)62-80-68(73)56-53-50-47-44-42-39-37-34-32-29-27-25-23-20-17-14-11-8-5-2/h7-8,10-11,15-20,24-27,30-32,34-36,39,41-43,47,50,64-66,70-71H,4-6,9,12-14,21-23,28-29,33,37-38,40,44-46,48-49,51-63H2,1-3H3,(H,75,76)(H,77,78)/b10-7-,11-8-,18-15-,19-16-,20-17-,26-24-,27-25-,31-30-,34-32-,36-35-,42-39-,43-41-,50-47-. The Labute approximate surface area is 523 Å². The first kappa shape index (κ1) is 82.2. The van der Waals surface area contributed by atoms with E-state index in [2.05, 4.69) is 161 Å². The molecule has 492 valence electrons. The van der Waals surface area contributed by atoms with Crippen molar-refractivity contribution >= 4 is 33.6 Å². The summed E-state index contributed by atoms with van der Waals surface area (Å²) in [6, 6.07) is 0. The second-order valence-electron chi connectivity index (χ2n) is 20.4. The number of ether oxygens (including phenoxy) is 3. The minimum atomic E-state index is -4.95. The normalized spacial score (nSPS) is 15.3. The van der Waals surface area contributed by atoms with E-state index in [0.717, 1.165) is 122 Å². The highest BCUT2D eigenvalue weighted by Crippen LogP contribution is 2.45. The van der Waals surface area contributed by atoms with Crippen LogP contribution in [0.15, 0.2) is 158 Å². The number of unbranched alkanes of at least 4 members (excludes halogenated alkanes) is 9. The van der Waals surface area contributed by atoms with Gasteiger partial charge in [0.1, 0.15) is 25.4 Å². The molecule has 16 nitrogen and oxygen atoms in total. The highest BCUT2D eigenvalue weighted by atomic mass is 31.2. The van der Waals surface area contributed by atoms with Crippen molar-refractivity contribution in [3.63, 3.8) is 0 Å². The van der Waals surface area contributed by atoms with Crippen molar-refractivity contribution in [2.45, 2.75) is 219 Å². The molecule has 0 fully saturated rings. The van der Waals surface area contributed by atoms with Gasteiger partial charge in [0.25, 0.3) is 0 Å². The van der Waals surface area contributed by atoms with Crippen LogP contribution in [0.3, 0.4) is 0 Å². The van der Waals surface area contributed by atoms with E-state index in [1.54, 1.807) is 0 Å². The summed E-state index contributed by atoms with van der Waals surface area (Å²) in [7, 11) is -9.81. The van der Waals surface area contributed by atoms with Crippen molar-refractivity contribution in [2.75, 3.05) is 39.6 Å². The summed E-state index contributed by atoms with van der Waals surface area (Å²) in [4.78, 5) is 58.1. The summed E-state index contributed by atoms with van der Waals surface area (Å²) >= 11 is 0. The molecule has 0 spiro atoms. The average Bonchev–Trinajstić information content (AvgIpc) is 3.57. The van der Waals surface area contributed by atoms with Crippen molar-refractivity contribution in [3.05, 3.63) is 158 Å². The number of hydrogen-bond acceptors (Lipinski definition) is 14. The van der Waals surface area contributed by atoms with Crippen molar-refractivity contribution in [1.29, 1.82) is 0 Å². The molecule has 0 bridgehead atoms. The lowest BCUT2D eigenvalue weighted by atomic mass is 10.1. The molecule has 87 heavy (non-hydrogen) atoms. The smallest absolute Gasteiger partial charge is 0.463 e. The number of phosphoric ester groups is 2. The molecule has 5 atom stereocenters. The van der Waals surface area contributed by atoms with E-state index in [1.807, 2.05) is 18.2 Å². The van der Waals surface area contributed by atoms with Crippen LogP contribution in [0.5, 0.6) is 0 Å². The van der Waals surface area contributed by atoms with Gasteiger partial charge < -0.3 is 34.2 Å². The fourth-order valence-electron chi connectivity index (χ4n) is 7.40. The number of allylic oxidation sites excluding steroid dienone is 26. The second kappa shape index (κ2) is 61.4. The predicted octanol–water partition coefficient (Wildman–Crippen LogP) is 17.2. The van der Waals surface area contributed by atoms with Gasteiger partial charge in [-0.25, -0.2) is 9.13 Å². The van der Waals surface area contributed by atoms with Crippen molar-refractivity contribution in [2.24, 2.45) is 0 Å². The van der Waals surface area contributed by atoms with Gasteiger partial charge in [-0.2, -0.15) is 0 Å². The Morgan fingerprint density at radius 3 is 1.07 bits per heavy atom. The lowest BCUT2D eigenvalue weighted by molar-refractivity contribution is -0.161. The SMILES string of the molecule is CC/C=C\C/C=C\C/C=C\C/C=C\C/C=C\C/C=C\CCCCC(=O)OCC(O)COP(=O)(O)OCC(O)COP(=O)(O)OCC(COC(=O)CC/C=C\C/C=C\C/C=C\C/C=C\C/C=C\C/C=C\CC)OC(=O)CCCCCCC/C=C\CCCC. The summed E-state index contributed by atoms with van der Waals surface area (Å²) < 4.78 is 60.5. The fourth-order valence-corrected chi connectivity index (χ4v) is 8.99. The Kier molecular flexibility index (Phi) is 58.0. The zero-order valence-corrected chi connectivity index (χ0v) is 54.7. The van der Waals surface area contributed by atoms with E-state index in [4.69, 9.17) is 32.3 Å². The van der Waals surface area contributed by atoms with Gasteiger partial charge in [0.05, 0.1) is 26.4 Å². The monoisotopic (exact) mass is 1260 g/mol. The Morgan fingerprint density at radius 2 is 0.632 bits per heavy atom. The molecule has 0 saturated heterocycles. The quantitative estimate of drug-likeness (QED) is 0.0146. The van der Waals surface area contributed by atoms with Crippen molar-refractivity contribution in [3.8, 4) is 0 Å². The van der Waals surface area contributed by atoms with E-state index in [-0.39, 0.29) is 19.3 Å². The van der Waals surface area contributed by atoms with E-state index < -0.39 is 91.5 Å². The highest BCUT2D eigenvalue weighted by Gasteiger charge is 2.29. The third-order valence-electron chi connectivity index (χ3n) is 12.2. The summed E-state index contributed by atoms with van der Waals surface area (Å²) in [5, 5.41) is 20.5. The molecule has 0 aromatic carbocycles. The van der Waals surface area contributed by atoms with Crippen LogP contribution < -0.4 is 0 Å². The number of phosphoric acid groups is 2. The van der Waals surface area contributed by atoms with Crippen LogP contribution in [-0.4, -0.2) is 95.9 Å². The molecule has 0 aliphatic carbocycles. The van der Waals surface area contributed by atoms with Crippen LogP contribution in [0.4, 0.5) is 0 Å². The van der Waals surface area contributed by atoms with Gasteiger partial charge in [-0.3, -0.25) is 32.5 Å². The molecule has 0 saturated carbocycles. The number of rotatable bonds is 58. The molecule has 0 aliphatic rings. The molecule has 4 N–H and O–H groups in total. The summed E-state index contributed by atoms with van der Waals surface area (Å²) in [6.45, 7) is 2.19. The van der Waals surface area contributed by atoms with Gasteiger partial charge in [-0.05, 0) is 128 Å². The Hall–Kier alpha value is -4.83. The highest BCUT2D eigenvalue weighted by molar-refractivity contribution is 7.47. The Balaban J connectivity index is 4.74. The maximum absolute atomic E-state index is 12.8. The molecule has 5 unspecified atom stereocenters. The second-order valence-corrected chi connectivity index (χ2v) is 23.3. The first-order chi connectivity index (χ1) is 42.2. The number of aliphatic hydroxyl groups excluding tert-OH is 2. The van der Waals surface area contributed by atoms with Crippen LogP contribution in [-0.2, 0) is 55.8 Å². The number of hydrogen-bond donors (Lipinski definition) is 4. The van der Waals surface area contributed by atoms with Gasteiger partial charge in [-0.1, -0.05) is 211 Å². The summed E-state index contributed by atoms with van der Waals surface area (Å²) in [5.74, 6) is -1.74. The maximum atomic E-state index is 12.8. The number of esters is 3. The first-order valence-electron chi connectivity index (χ1n) is 31.8. The fraction of sp³-hybridized carbons (Fsp3) is 0.580. The molecular weight excluding hydrogens is 1150 g/mol. The molecule has 0 aliphatic heterocycles. The Morgan fingerprint density at radius 1 is 0.333 bits per heavy atom. The largest absolute Gasteiger partial charge is 0.472 e. The minimum absolute atomic E-state index is 0.0370. The first-order valence-corrected chi connectivity index (χ1v) is 34.8. The number of carbonyl (C=O) groups excluding carboxylic acids is 3. The van der Waals surface area contributed by atoms with E-state index in [9.17, 15) is 43.5 Å². The molecule has 18 heteroatoms. The minimum Gasteiger partial charge on any atom is -0.463 e. The van der Waals surface area contributed by atoms with Crippen LogP contribution >= 0.6 is 15.6 Å². The maximum Gasteiger partial charge on any atom is 0.472 e. The molecular formula is C69H110O16P2. The molecule has 0 aromatic rings. The third kappa shape index (κ3) is 62.6. The van der Waals surface area contributed by atoms with Crippen molar-refractivity contribution < 1.29 is 75.8 Å². The van der Waals surface area contributed by atoms with Gasteiger partial charge in [0, 0.05) is 19.3 Å².